The van der Waals surface area contributed by atoms with E-state index in [0.717, 1.165) is 42.6 Å². The smallest absolute Gasteiger partial charge is 0.230 e. The van der Waals surface area contributed by atoms with E-state index in [0.29, 0.717) is 24.2 Å². The largest absolute Gasteiger partial charge is 0.355 e. The Labute approximate surface area is 202 Å². The van der Waals surface area contributed by atoms with E-state index in [1.165, 1.54) is 17.8 Å². The summed E-state index contributed by atoms with van der Waals surface area (Å²) in [5, 5.41) is 3.77. The number of hydrogen-bond acceptors (Lipinski definition) is 5. The molecule has 1 aromatic heterocycles. The molecule has 1 fully saturated rings. The maximum absolute atomic E-state index is 13.7. The highest BCUT2D eigenvalue weighted by Crippen LogP contribution is 2.22. The van der Waals surface area contributed by atoms with E-state index in [1.54, 1.807) is 18.5 Å². The quantitative estimate of drug-likeness (QED) is 0.358. The molecule has 0 saturated carbocycles. The Morgan fingerprint density at radius 3 is 2.70 bits per heavy atom. The second-order valence-electron chi connectivity index (χ2n) is 8.20. The van der Waals surface area contributed by atoms with Gasteiger partial charge in [-0.2, -0.15) is 0 Å². The number of hydrogen-bond donors (Lipinski definition) is 1. The Hall–Kier alpha value is -2.48. The van der Waals surface area contributed by atoms with Crippen molar-refractivity contribution in [3.8, 4) is 11.1 Å². The highest BCUT2D eigenvalue weighted by Gasteiger charge is 2.21. The molecule has 1 N–H and O–H groups in total. The van der Waals surface area contributed by atoms with Crippen LogP contribution in [0.4, 0.5) is 4.39 Å². The predicted octanol–water partition coefficient (Wildman–Crippen LogP) is 5.06. The molecule has 2 heterocycles. The highest BCUT2D eigenvalue weighted by molar-refractivity contribution is 7.99. The van der Waals surface area contributed by atoms with Gasteiger partial charge in [-0.05, 0) is 48.6 Å². The Kier molecular flexibility index (Phi) is 8.31. The van der Waals surface area contributed by atoms with Crippen LogP contribution in [0.2, 0.25) is 5.02 Å². The molecule has 3 aromatic rings. The van der Waals surface area contributed by atoms with Crippen LogP contribution in [-0.4, -0.2) is 46.2 Å². The van der Waals surface area contributed by atoms with Gasteiger partial charge in [0, 0.05) is 37.6 Å². The van der Waals surface area contributed by atoms with Gasteiger partial charge in [0.1, 0.15) is 5.82 Å². The maximum atomic E-state index is 13.7. The van der Waals surface area contributed by atoms with Crippen molar-refractivity contribution in [2.75, 3.05) is 25.4 Å². The average Bonchev–Trinajstić information content (AvgIpc) is 2.85. The van der Waals surface area contributed by atoms with E-state index in [2.05, 4.69) is 20.2 Å². The molecular formula is C25H26ClFN4OS. The van der Waals surface area contributed by atoms with Crippen LogP contribution in [0.5, 0.6) is 0 Å². The number of nitrogens with zero attached hydrogens (tertiary/aromatic N) is 3. The Bertz CT molecular complexity index is 1070. The fourth-order valence-corrected chi connectivity index (χ4v) is 4.70. The molecule has 33 heavy (non-hydrogen) atoms. The number of amides is 1. The molecule has 1 amide bonds. The number of carbonyl (C=O) groups excluding carboxylic acids is 1. The summed E-state index contributed by atoms with van der Waals surface area (Å²) in [5.41, 5.74) is 2.93. The summed E-state index contributed by atoms with van der Waals surface area (Å²) >= 11 is 7.11. The van der Waals surface area contributed by atoms with E-state index in [9.17, 15) is 9.18 Å². The van der Waals surface area contributed by atoms with Crippen molar-refractivity contribution < 1.29 is 9.18 Å². The third kappa shape index (κ3) is 7.00. The third-order valence-electron chi connectivity index (χ3n) is 5.65. The summed E-state index contributed by atoms with van der Waals surface area (Å²) in [4.78, 5) is 23.4. The Balaban J connectivity index is 1.19. The van der Waals surface area contributed by atoms with Gasteiger partial charge in [0.2, 0.25) is 5.91 Å². The van der Waals surface area contributed by atoms with Crippen molar-refractivity contribution in [2.45, 2.75) is 24.5 Å². The van der Waals surface area contributed by atoms with E-state index in [4.69, 9.17) is 11.6 Å². The van der Waals surface area contributed by atoms with Crippen LogP contribution in [0.1, 0.15) is 18.4 Å². The maximum Gasteiger partial charge on any atom is 0.230 e. The molecule has 4 rings (SSSR count). The molecule has 1 aliphatic heterocycles. The first-order valence-electron chi connectivity index (χ1n) is 11.0. The average molecular weight is 485 g/mol. The fourth-order valence-electron chi connectivity index (χ4n) is 3.97. The number of carbonyl (C=O) groups is 1. The lowest BCUT2D eigenvalue weighted by Crippen LogP contribution is -2.41. The van der Waals surface area contributed by atoms with Crippen LogP contribution in [0.15, 0.2) is 66.1 Å². The van der Waals surface area contributed by atoms with E-state index >= 15 is 0 Å². The minimum atomic E-state index is -0.383. The van der Waals surface area contributed by atoms with Crippen LogP contribution in [0.25, 0.3) is 11.1 Å². The van der Waals surface area contributed by atoms with Gasteiger partial charge in [-0.15, -0.1) is 0 Å². The van der Waals surface area contributed by atoms with Gasteiger partial charge in [0.05, 0.1) is 10.8 Å². The lowest BCUT2D eigenvalue weighted by molar-refractivity contribution is -0.118. The molecule has 0 bridgehead atoms. The van der Waals surface area contributed by atoms with Crippen molar-refractivity contribution in [2.24, 2.45) is 5.92 Å². The lowest BCUT2D eigenvalue weighted by Gasteiger charge is -2.32. The monoisotopic (exact) mass is 484 g/mol. The minimum absolute atomic E-state index is 0.0207. The molecule has 172 valence electrons. The first kappa shape index (κ1) is 23.7. The van der Waals surface area contributed by atoms with Crippen LogP contribution in [0, 0.1) is 11.7 Å². The third-order valence-corrected chi connectivity index (χ3v) is 6.83. The van der Waals surface area contributed by atoms with Crippen molar-refractivity contribution in [3.05, 3.63) is 77.3 Å². The molecule has 2 aromatic carbocycles. The fraction of sp³-hybridized carbons (Fsp3) is 0.320. The van der Waals surface area contributed by atoms with E-state index in [1.807, 2.05) is 36.4 Å². The van der Waals surface area contributed by atoms with Gasteiger partial charge in [-0.25, -0.2) is 14.4 Å². The molecule has 5 nitrogen and oxygen atoms in total. The summed E-state index contributed by atoms with van der Waals surface area (Å²) in [6.07, 6.45) is 5.70. The summed E-state index contributed by atoms with van der Waals surface area (Å²) in [7, 11) is 0. The van der Waals surface area contributed by atoms with E-state index in [-0.39, 0.29) is 22.5 Å². The number of halogens is 2. The molecule has 1 atom stereocenters. The van der Waals surface area contributed by atoms with Gasteiger partial charge in [-0.3, -0.25) is 9.69 Å². The van der Waals surface area contributed by atoms with Crippen LogP contribution in [0.3, 0.4) is 0 Å². The summed E-state index contributed by atoms with van der Waals surface area (Å²) < 4.78 is 13.7. The molecule has 1 unspecified atom stereocenters. The number of piperidine rings is 1. The summed E-state index contributed by atoms with van der Waals surface area (Å²) in [6, 6.07) is 14.9. The number of likely N-dealkylation sites (tertiary alicyclic amines) is 1. The number of thioether (sulfide) groups is 1. The van der Waals surface area contributed by atoms with Gasteiger partial charge in [-0.1, -0.05) is 59.8 Å². The van der Waals surface area contributed by atoms with Gasteiger partial charge >= 0.3 is 0 Å². The zero-order valence-electron chi connectivity index (χ0n) is 18.2. The number of rotatable bonds is 8. The number of aromatic nitrogens is 2. The van der Waals surface area contributed by atoms with Gasteiger partial charge in [0.25, 0.3) is 0 Å². The minimum Gasteiger partial charge on any atom is -0.355 e. The first-order valence-corrected chi connectivity index (χ1v) is 12.4. The first-order chi connectivity index (χ1) is 16.1. The van der Waals surface area contributed by atoms with Crippen molar-refractivity contribution >= 4 is 29.3 Å². The zero-order chi connectivity index (χ0) is 23.0. The normalized spacial score (nSPS) is 16.5. The van der Waals surface area contributed by atoms with Crippen LogP contribution >= 0.6 is 23.4 Å². The molecule has 1 saturated heterocycles. The Morgan fingerprint density at radius 2 is 1.94 bits per heavy atom. The topological polar surface area (TPSA) is 58.1 Å². The van der Waals surface area contributed by atoms with Crippen molar-refractivity contribution in [3.63, 3.8) is 0 Å². The molecule has 1 aliphatic rings. The van der Waals surface area contributed by atoms with Crippen molar-refractivity contribution in [1.29, 1.82) is 0 Å². The van der Waals surface area contributed by atoms with Crippen LogP contribution in [-0.2, 0) is 11.3 Å². The highest BCUT2D eigenvalue weighted by atomic mass is 35.5. The zero-order valence-corrected chi connectivity index (χ0v) is 19.8. The molecular weight excluding hydrogens is 459 g/mol. The predicted molar refractivity (Wildman–Crippen MR) is 131 cm³/mol. The molecule has 8 heteroatoms. The lowest BCUT2D eigenvalue weighted by atomic mass is 9.97. The standard InChI is InChI=1S/C25H26ClFN4OS/c26-22-9-8-18(11-23(22)27)15-31-10-4-5-19(16-31)12-28-24(32)17-33-25-29-13-21(14-30-25)20-6-2-1-3-7-20/h1-3,6-9,11,13-14,19H,4-5,10,12,15-17H2,(H,28,32). The number of nitrogens with one attached hydrogen (secondary N) is 1. The summed E-state index contributed by atoms with van der Waals surface area (Å²) in [5.74, 6) is 0.260. The van der Waals surface area contributed by atoms with Gasteiger partial charge < -0.3 is 5.32 Å². The van der Waals surface area contributed by atoms with Crippen LogP contribution < -0.4 is 5.32 Å². The second kappa shape index (κ2) is 11.6. The molecule has 0 radical (unpaired) electrons. The second-order valence-corrected chi connectivity index (χ2v) is 9.55. The Morgan fingerprint density at radius 1 is 1.15 bits per heavy atom. The summed E-state index contributed by atoms with van der Waals surface area (Å²) in [6.45, 7) is 3.17. The molecule has 0 spiro atoms. The van der Waals surface area contributed by atoms with Crippen molar-refractivity contribution in [1.82, 2.24) is 20.2 Å². The van der Waals surface area contributed by atoms with E-state index < -0.39 is 0 Å². The number of benzene rings is 2. The SMILES string of the molecule is O=C(CSc1ncc(-c2ccccc2)cn1)NCC1CCCN(Cc2ccc(Cl)c(F)c2)C1. The van der Waals surface area contributed by atoms with Gasteiger partial charge in [0.15, 0.2) is 5.16 Å². The molecule has 0 aliphatic carbocycles.